The molecule has 66 valence electrons. The van der Waals surface area contributed by atoms with Crippen molar-refractivity contribution >= 4 is 16.7 Å². The smallest absolute Gasteiger partial charge is 0.276 e. The lowest BCUT2D eigenvalue weighted by atomic mass is 10.1. The second kappa shape index (κ2) is 2.58. The van der Waals surface area contributed by atoms with Crippen molar-refractivity contribution in [3.8, 4) is 0 Å². The SMILES string of the molecule is Cc1c([N+](=O)[O-])ccc2ccoc12. The van der Waals surface area contributed by atoms with E-state index in [1.54, 1.807) is 19.1 Å². The lowest BCUT2D eigenvalue weighted by Crippen LogP contribution is -1.90. The topological polar surface area (TPSA) is 56.3 Å². The fourth-order valence-electron chi connectivity index (χ4n) is 1.36. The fraction of sp³-hybridized carbons (Fsp3) is 0.111. The second-order valence-electron chi connectivity index (χ2n) is 2.81. The van der Waals surface area contributed by atoms with Gasteiger partial charge in [0.1, 0.15) is 5.58 Å². The van der Waals surface area contributed by atoms with Crippen molar-refractivity contribution in [3.63, 3.8) is 0 Å². The van der Waals surface area contributed by atoms with Gasteiger partial charge < -0.3 is 4.42 Å². The van der Waals surface area contributed by atoms with Crippen LogP contribution in [0.4, 0.5) is 5.69 Å². The van der Waals surface area contributed by atoms with Crippen LogP contribution in [0.5, 0.6) is 0 Å². The molecule has 0 saturated carbocycles. The first kappa shape index (κ1) is 7.79. The summed E-state index contributed by atoms with van der Waals surface area (Å²) < 4.78 is 5.14. The molecule has 2 aromatic rings. The van der Waals surface area contributed by atoms with Gasteiger partial charge in [-0.05, 0) is 19.1 Å². The standard InChI is InChI=1S/C9H7NO3/c1-6-8(10(11)12)3-2-7-4-5-13-9(6)7/h2-5H,1H3. The lowest BCUT2D eigenvalue weighted by molar-refractivity contribution is -0.385. The monoisotopic (exact) mass is 177 g/mol. The Morgan fingerprint density at radius 1 is 1.38 bits per heavy atom. The molecule has 0 spiro atoms. The molecule has 0 N–H and O–H groups in total. The molecule has 1 heterocycles. The van der Waals surface area contributed by atoms with E-state index in [-0.39, 0.29) is 5.69 Å². The maximum Gasteiger partial charge on any atom is 0.276 e. The first-order valence-corrected chi connectivity index (χ1v) is 3.81. The number of aryl methyl sites for hydroxylation is 1. The van der Waals surface area contributed by atoms with Crippen LogP contribution in [-0.2, 0) is 0 Å². The van der Waals surface area contributed by atoms with Gasteiger partial charge in [-0.2, -0.15) is 0 Å². The summed E-state index contributed by atoms with van der Waals surface area (Å²) in [5, 5.41) is 11.4. The molecule has 0 radical (unpaired) electrons. The van der Waals surface area contributed by atoms with Crippen molar-refractivity contribution in [2.45, 2.75) is 6.92 Å². The highest BCUT2D eigenvalue weighted by molar-refractivity contribution is 5.83. The maximum atomic E-state index is 10.6. The third-order valence-corrected chi connectivity index (χ3v) is 2.04. The van der Waals surface area contributed by atoms with E-state index in [0.717, 1.165) is 5.39 Å². The van der Waals surface area contributed by atoms with Gasteiger partial charge in [0.15, 0.2) is 0 Å². The first-order valence-electron chi connectivity index (χ1n) is 3.81. The normalized spacial score (nSPS) is 10.5. The largest absolute Gasteiger partial charge is 0.464 e. The van der Waals surface area contributed by atoms with Crippen LogP contribution in [0.3, 0.4) is 0 Å². The molecule has 0 aliphatic carbocycles. The first-order chi connectivity index (χ1) is 6.20. The van der Waals surface area contributed by atoms with Crippen LogP contribution in [-0.4, -0.2) is 4.92 Å². The Morgan fingerprint density at radius 3 is 2.85 bits per heavy atom. The predicted molar refractivity (Wildman–Crippen MR) is 47.6 cm³/mol. The molecular weight excluding hydrogens is 170 g/mol. The van der Waals surface area contributed by atoms with E-state index in [1.807, 2.05) is 0 Å². The van der Waals surface area contributed by atoms with Gasteiger partial charge >= 0.3 is 0 Å². The number of benzene rings is 1. The zero-order chi connectivity index (χ0) is 9.42. The Labute approximate surface area is 73.9 Å². The van der Waals surface area contributed by atoms with E-state index in [4.69, 9.17) is 4.42 Å². The molecule has 0 amide bonds. The molecular formula is C9H7NO3. The number of nitro benzene ring substituents is 1. The van der Waals surface area contributed by atoms with Gasteiger partial charge in [0.25, 0.3) is 5.69 Å². The molecule has 0 fully saturated rings. The lowest BCUT2D eigenvalue weighted by Gasteiger charge is -1.96. The zero-order valence-corrected chi connectivity index (χ0v) is 6.98. The average molecular weight is 177 g/mol. The van der Waals surface area contributed by atoms with Gasteiger partial charge in [-0.25, -0.2) is 0 Å². The van der Waals surface area contributed by atoms with Gasteiger partial charge in [-0.15, -0.1) is 0 Å². The molecule has 13 heavy (non-hydrogen) atoms. The van der Waals surface area contributed by atoms with Crippen LogP contribution in [0.1, 0.15) is 5.56 Å². The predicted octanol–water partition coefficient (Wildman–Crippen LogP) is 2.65. The summed E-state index contributed by atoms with van der Waals surface area (Å²) in [5.74, 6) is 0. The molecule has 0 unspecified atom stereocenters. The minimum Gasteiger partial charge on any atom is -0.464 e. The van der Waals surface area contributed by atoms with Gasteiger partial charge in [0, 0.05) is 11.5 Å². The molecule has 1 aromatic heterocycles. The van der Waals surface area contributed by atoms with Crippen molar-refractivity contribution in [1.82, 2.24) is 0 Å². The second-order valence-corrected chi connectivity index (χ2v) is 2.81. The summed E-state index contributed by atoms with van der Waals surface area (Å²) in [6, 6.07) is 4.96. The van der Waals surface area contributed by atoms with Crippen LogP contribution in [0.15, 0.2) is 28.9 Å². The number of rotatable bonds is 1. The van der Waals surface area contributed by atoms with Crippen molar-refractivity contribution in [2.75, 3.05) is 0 Å². The number of nitro groups is 1. The number of furan rings is 1. The fourth-order valence-corrected chi connectivity index (χ4v) is 1.36. The Hall–Kier alpha value is -1.84. The summed E-state index contributed by atoms with van der Waals surface area (Å²) >= 11 is 0. The molecule has 0 saturated heterocycles. The highest BCUT2D eigenvalue weighted by Crippen LogP contribution is 2.27. The maximum absolute atomic E-state index is 10.6. The third kappa shape index (κ3) is 1.07. The minimum absolute atomic E-state index is 0.0995. The van der Waals surface area contributed by atoms with Crippen LogP contribution < -0.4 is 0 Å². The zero-order valence-electron chi connectivity index (χ0n) is 6.98. The average Bonchev–Trinajstić information content (AvgIpc) is 2.52. The Balaban J connectivity index is 2.80. The quantitative estimate of drug-likeness (QED) is 0.497. The molecule has 0 atom stereocenters. The summed E-state index contributed by atoms with van der Waals surface area (Å²) in [4.78, 5) is 10.1. The van der Waals surface area contributed by atoms with Crippen LogP contribution in [0.2, 0.25) is 0 Å². The third-order valence-electron chi connectivity index (χ3n) is 2.04. The van der Waals surface area contributed by atoms with Crippen LogP contribution >= 0.6 is 0 Å². The molecule has 4 nitrogen and oxygen atoms in total. The van der Waals surface area contributed by atoms with Crippen LogP contribution in [0.25, 0.3) is 11.0 Å². The van der Waals surface area contributed by atoms with E-state index < -0.39 is 4.92 Å². The van der Waals surface area contributed by atoms with E-state index >= 15 is 0 Å². The molecule has 0 bridgehead atoms. The number of fused-ring (bicyclic) bond motifs is 1. The Bertz CT molecular complexity index is 473. The molecule has 1 aromatic carbocycles. The van der Waals surface area contributed by atoms with Crippen molar-refractivity contribution in [2.24, 2.45) is 0 Å². The van der Waals surface area contributed by atoms with E-state index in [0.29, 0.717) is 11.1 Å². The van der Waals surface area contributed by atoms with Gasteiger partial charge in [-0.1, -0.05) is 0 Å². The van der Waals surface area contributed by atoms with E-state index in [2.05, 4.69) is 0 Å². The molecule has 0 aliphatic heterocycles. The van der Waals surface area contributed by atoms with Gasteiger partial charge in [-0.3, -0.25) is 10.1 Å². The molecule has 4 heteroatoms. The van der Waals surface area contributed by atoms with Gasteiger partial charge in [0.05, 0.1) is 16.7 Å². The van der Waals surface area contributed by atoms with Gasteiger partial charge in [0.2, 0.25) is 0 Å². The number of hydrogen-bond donors (Lipinski definition) is 0. The van der Waals surface area contributed by atoms with Crippen LogP contribution in [0, 0.1) is 17.0 Å². The summed E-state index contributed by atoms with van der Waals surface area (Å²) in [7, 11) is 0. The summed E-state index contributed by atoms with van der Waals surface area (Å²) in [6.45, 7) is 1.68. The van der Waals surface area contributed by atoms with E-state index in [1.165, 1.54) is 12.3 Å². The van der Waals surface area contributed by atoms with Crippen molar-refractivity contribution in [3.05, 3.63) is 40.1 Å². The minimum atomic E-state index is -0.405. The van der Waals surface area contributed by atoms with E-state index in [9.17, 15) is 10.1 Å². The highest BCUT2D eigenvalue weighted by Gasteiger charge is 2.14. The number of nitrogens with zero attached hydrogens (tertiary/aromatic N) is 1. The van der Waals surface area contributed by atoms with Crippen molar-refractivity contribution < 1.29 is 9.34 Å². The summed E-state index contributed by atoms with van der Waals surface area (Å²) in [5.41, 5.74) is 1.27. The molecule has 2 rings (SSSR count). The van der Waals surface area contributed by atoms with Crippen molar-refractivity contribution in [1.29, 1.82) is 0 Å². The Morgan fingerprint density at radius 2 is 2.15 bits per heavy atom. The highest BCUT2D eigenvalue weighted by atomic mass is 16.6. The Kier molecular flexibility index (Phi) is 1.55. The summed E-state index contributed by atoms with van der Waals surface area (Å²) in [6.07, 6.45) is 1.53. The number of hydrogen-bond acceptors (Lipinski definition) is 3. The molecule has 0 aliphatic rings.